The molecule has 0 atom stereocenters. The van der Waals surface area contributed by atoms with Crippen molar-refractivity contribution in [2.24, 2.45) is 5.73 Å². The fourth-order valence-electron chi connectivity index (χ4n) is 0.144. The summed E-state index contributed by atoms with van der Waals surface area (Å²) in [6, 6.07) is 0. The number of aliphatic hydroxyl groups is 2. The summed E-state index contributed by atoms with van der Waals surface area (Å²) >= 11 is 0. The molecule has 0 aliphatic rings. The molecule has 0 amide bonds. The van der Waals surface area contributed by atoms with Crippen LogP contribution in [-0.2, 0) is 21.7 Å². The standard InChI is InChI=1S/C4H10N.2CH4O.Ti/c1-2-3-4-5;2*1-2;/h1-5H2;2*2H,1H3;/q-1;;;. The average Bonchev–Trinajstić information content (AvgIpc) is 1.98. The molecule has 0 aliphatic heterocycles. The third-order valence-electron chi connectivity index (χ3n) is 0.454. The maximum Gasteiger partial charge on any atom is 0.0319 e. The first-order valence-electron chi connectivity index (χ1n) is 2.80. The van der Waals surface area contributed by atoms with Crippen LogP contribution in [-0.4, -0.2) is 31.0 Å². The summed E-state index contributed by atoms with van der Waals surface area (Å²) in [5, 5.41) is 14.0. The molecule has 0 saturated carbocycles. The van der Waals surface area contributed by atoms with Gasteiger partial charge in [0.15, 0.2) is 0 Å². The molecule has 3 nitrogen and oxygen atoms in total. The fourth-order valence-corrected chi connectivity index (χ4v) is 0.144. The Morgan fingerprint density at radius 3 is 1.50 bits per heavy atom. The van der Waals surface area contributed by atoms with Crippen molar-refractivity contribution in [2.45, 2.75) is 12.8 Å². The zero-order valence-corrected chi connectivity index (χ0v) is 8.36. The molecule has 0 heterocycles. The number of aliphatic hydroxyl groups excluding tert-OH is 2. The third kappa shape index (κ3) is 73.6. The van der Waals surface area contributed by atoms with Crippen molar-refractivity contribution in [3.05, 3.63) is 6.92 Å². The Morgan fingerprint density at radius 1 is 1.20 bits per heavy atom. The molecule has 0 saturated heterocycles. The number of unbranched alkanes of at least 4 members (excludes halogenated alkanes) is 1. The number of rotatable bonds is 2. The molecule has 0 aliphatic carbocycles. The van der Waals surface area contributed by atoms with E-state index in [0.29, 0.717) is 0 Å². The second-order valence-corrected chi connectivity index (χ2v) is 0.996. The molecule has 4 heteroatoms. The predicted octanol–water partition coefficient (Wildman–Crippen LogP) is -0.226. The van der Waals surface area contributed by atoms with Gasteiger partial charge in [-0.25, -0.2) is 0 Å². The first-order chi connectivity index (χ1) is 4.41. The molecule has 0 spiro atoms. The monoisotopic (exact) mass is 184 g/mol. The van der Waals surface area contributed by atoms with Gasteiger partial charge in [-0.2, -0.15) is 6.42 Å². The molecule has 0 aromatic rings. The zero-order valence-electron chi connectivity index (χ0n) is 6.80. The molecule has 10 heavy (non-hydrogen) atoms. The zero-order chi connectivity index (χ0) is 8.12. The van der Waals surface area contributed by atoms with E-state index in [4.69, 9.17) is 15.9 Å². The summed E-state index contributed by atoms with van der Waals surface area (Å²) in [5.74, 6) is 0. The van der Waals surface area contributed by atoms with E-state index < -0.39 is 0 Å². The summed E-state index contributed by atoms with van der Waals surface area (Å²) in [6.07, 6.45) is 2.02. The molecule has 0 rings (SSSR count). The first-order valence-corrected chi connectivity index (χ1v) is 2.80. The predicted molar refractivity (Wildman–Crippen MR) is 39.9 cm³/mol. The molecule has 0 aromatic carbocycles. The van der Waals surface area contributed by atoms with Crippen molar-refractivity contribution >= 4 is 0 Å². The van der Waals surface area contributed by atoms with Gasteiger partial charge < -0.3 is 22.9 Å². The number of nitrogens with two attached hydrogens (primary N) is 1. The molecular formula is C6H18NO2Ti-. The van der Waals surface area contributed by atoms with Crippen molar-refractivity contribution in [3.8, 4) is 0 Å². The van der Waals surface area contributed by atoms with Gasteiger partial charge in [-0.05, 0) is 6.54 Å². The van der Waals surface area contributed by atoms with Gasteiger partial charge in [-0.1, -0.05) is 6.42 Å². The van der Waals surface area contributed by atoms with Gasteiger partial charge in [-0.3, -0.25) is 0 Å². The van der Waals surface area contributed by atoms with E-state index in [1.165, 1.54) is 0 Å². The van der Waals surface area contributed by atoms with Crippen LogP contribution >= 0.6 is 0 Å². The molecule has 0 radical (unpaired) electrons. The summed E-state index contributed by atoms with van der Waals surface area (Å²) in [5.41, 5.74) is 5.10. The van der Waals surface area contributed by atoms with Gasteiger partial charge >= 0.3 is 0 Å². The molecular weight excluding hydrogens is 166 g/mol. The SMILES string of the molecule is CO.CO.[CH2-]CCCN.[Ti]. The quantitative estimate of drug-likeness (QED) is 0.410. The summed E-state index contributed by atoms with van der Waals surface area (Å²) in [4.78, 5) is 0. The van der Waals surface area contributed by atoms with Crippen molar-refractivity contribution in [1.29, 1.82) is 0 Å². The van der Waals surface area contributed by atoms with E-state index in [1.54, 1.807) is 0 Å². The Morgan fingerprint density at radius 2 is 1.50 bits per heavy atom. The number of hydrogen-bond donors (Lipinski definition) is 3. The molecule has 4 N–H and O–H groups in total. The summed E-state index contributed by atoms with van der Waals surface area (Å²) in [7, 11) is 2.00. The van der Waals surface area contributed by atoms with Crippen LogP contribution in [0, 0.1) is 6.92 Å². The van der Waals surface area contributed by atoms with Gasteiger partial charge in [0.1, 0.15) is 0 Å². The van der Waals surface area contributed by atoms with E-state index >= 15 is 0 Å². The summed E-state index contributed by atoms with van der Waals surface area (Å²) < 4.78 is 0. The van der Waals surface area contributed by atoms with E-state index in [2.05, 4.69) is 6.92 Å². The van der Waals surface area contributed by atoms with E-state index in [1.807, 2.05) is 0 Å². The van der Waals surface area contributed by atoms with Crippen LogP contribution in [0.3, 0.4) is 0 Å². The second-order valence-electron chi connectivity index (χ2n) is 0.996. The van der Waals surface area contributed by atoms with E-state index in [9.17, 15) is 0 Å². The minimum Gasteiger partial charge on any atom is -0.400 e. The normalized spacial score (nSPS) is 5.40. The van der Waals surface area contributed by atoms with Crippen LogP contribution < -0.4 is 5.73 Å². The van der Waals surface area contributed by atoms with Crippen LogP contribution in [0.25, 0.3) is 0 Å². The molecule has 64 valence electrons. The maximum atomic E-state index is 7.00. The molecule has 0 aromatic heterocycles. The Labute approximate surface area is 78.5 Å². The second kappa shape index (κ2) is 54.9. The van der Waals surface area contributed by atoms with Crippen LogP contribution in [0.15, 0.2) is 0 Å². The van der Waals surface area contributed by atoms with Gasteiger partial charge in [0.05, 0.1) is 0 Å². The van der Waals surface area contributed by atoms with Crippen molar-refractivity contribution in [1.82, 2.24) is 0 Å². The Balaban J connectivity index is -0.0000000315. The molecule has 0 bridgehead atoms. The third-order valence-corrected chi connectivity index (χ3v) is 0.454. The minimum atomic E-state index is 0. The van der Waals surface area contributed by atoms with Crippen molar-refractivity contribution < 1.29 is 31.9 Å². The van der Waals surface area contributed by atoms with E-state index in [0.717, 1.165) is 33.6 Å². The van der Waals surface area contributed by atoms with Gasteiger partial charge in [-0.15, -0.1) is 0 Å². The Bertz CT molecular complexity index is 23.2. The van der Waals surface area contributed by atoms with E-state index in [-0.39, 0.29) is 21.7 Å². The Kier molecular flexibility index (Phi) is 123. The number of hydrogen-bond acceptors (Lipinski definition) is 3. The fraction of sp³-hybridized carbons (Fsp3) is 0.833. The molecule has 0 unspecified atom stereocenters. The average molecular weight is 184 g/mol. The topological polar surface area (TPSA) is 66.5 Å². The van der Waals surface area contributed by atoms with Crippen LogP contribution in [0.4, 0.5) is 0 Å². The maximum absolute atomic E-state index is 7.00. The van der Waals surface area contributed by atoms with Gasteiger partial charge in [0.2, 0.25) is 0 Å². The van der Waals surface area contributed by atoms with Crippen LogP contribution in [0.5, 0.6) is 0 Å². The van der Waals surface area contributed by atoms with Gasteiger partial charge in [0, 0.05) is 35.9 Å². The Hall–Kier alpha value is 0.594. The van der Waals surface area contributed by atoms with Gasteiger partial charge in [0.25, 0.3) is 0 Å². The summed E-state index contributed by atoms with van der Waals surface area (Å²) in [6.45, 7) is 4.38. The van der Waals surface area contributed by atoms with Crippen molar-refractivity contribution in [3.63, 3.8) is 0 Å². The largest absolute Gasteiger partial charge is 0.400 e. The molecule has 0 fully saturated rings. The minimum absolute atomic E-state index is 0. The first kappa shape index (κ1) is 22.4. The van der Waals surface area contributed by atoms with Crippen LogP contribution in [0.2, 0.25) is 0 Å². The van der Waals surface area contributed by atoms with Crippen LogP contribution in [0.1, 0.15) is 12.8 Å². The van der Waals surface area contributed by atoms with Crippen molar-refractivity contribution in [2.75, 3.05) is 20.8 Å². The smallest absolute Gasteiger partial charge is 0.0319 e.